The van der Waals surface area contributed by atoms with E-state index in [1.807, 2.05) is 7.05 Å². The second kappa shape index (κ2) is 10.5. The Morgan fingerprint density at radius 3 is 2.68 bits per heavy atom. The summed E-state index contributed by atoms with van der Waals surface area (Å²) in [4.78, 5) is 24.2. The Hall–Kier alpha value is -2.75. The van der Waals surface area contributed by atoms with Gasteiger partial charge < -0.3 is 19.9 Å². The molecule has 1 aromatic heterocycles. The van der Waals surface area contributed by atoms with Gasteiger partial charge in [-0.1, -0.05) is 47.1 Å². The summed E-state index contributed by atoms with van der Waals surface area (Å²) in [6.07, 6.45) is 0. The SMILES string of the molecule is COC(=O)c1ccccc1NC(=O)CSc1nnc(CNc2cc(Cl)ccc2Cl)n1C. The molecule has 0 fully saturated rings. The molecule has 0 atom stereocenters. The summed E-state index contributed by atoms with van der Waals surface area (Å²) in [7, 11) is 3.10. The minimum atomic E-state index is -0.520. The topological polar surface area (TPSA) is 98.1 Å². The van der Waals surface area contributed by atoms with Crippen molar-refractivity contribution in [3.05, 3.63) is 63.9 Å². The molecule has 1 heterocycles. The molecule has 0 saturated heterocycles. The van der Waals surface area contributed by atoms with Crippen LogP contribution in [0.3, 0.4) is 0 Å². The van der Waals surface area contributed by atoms with Crippen LogP contribution in [0.4, 0.5) is 11.4 Å². The lowest BCUT2D eigenvalue weighted by Crippen LogP contribution is -2.17. The maximum atomic E-state index is 12.4. The molecule has 0 unspecified atom stereocenters. The fourth-order valence-corrected chi connectivity index (χ4v) is 3.71. The molecule has 2 N–H and O–H groups in total. The van der Waals surface area contributed by atoms with Gasteiger partial charge in [-0.3, -0.25) is 4.79 Å². The Bertz CT molecular complexity index is 1110. The molecule has 1 amide bonds. The van der Waals surface area contributed by atoms with Crippen LogP contribution >= 0.6 is 35.0 Å². The van der Waals surface area contributed by atoms with Gasteiger partial charge in [-0.05, 0) is 30.3 Å². The monoisotopic (exact) mass is 479 g/mol. The van der Waals surface area contributed by atoms with Crippen LogP contribution in [0.25, 0.3) is 0 Å². The van der Waals surface area contributed by atoms with Crippen molar-refractivity contribution >= 4 is 58.2 Å². The molecular weight excluding hydrogens is 461 g/mol. The second-order valence-corrected chi connectivity index (χ2v) is 8.10. The normalized spacial score (nSPS) is 10.6. The molecular formula is C20H19Cl2N5O3S. The number of ether oxygens (including phenoxy) is 1. The van der Waals surface area contributed by atoms with E-state index in [2.05, 4.69) is 20.8 Å². The summed E-state index contributed by atoms with van der Waals surface area (Å²) in [6.45, 7) is 0.378. The van der Waals surface area contributed by atoms with Gasteiger partial charge in [0.1, 0.15) is 0 Å². The molecule has 162 valence electrons. The van der Waals surface area contributed by atoms with Crippen LogP contribution in [0.15, 0.2) is 47.6 Å². The summed E-state index contributed by atoms with van der Waals surface area (Å²) in [6, 6.07) is 11.8. The number of aromatic nitrogens is 3. The summed E-state index contributed by atoms with van der Waals surface area (Å²) < 4.78 is 6.52. The van der Waals surface area contributed by atoms with Gasteiger partial charge in [-0.2, -0.15) is 0 Å². The number of amides is 1. The second-order valence-electron chi connectivity index (χ2n) is 6.31. The number of rotatable bonds is 8. The van der Waals surface area contributed by atoms with E-state index in [0.717, 1.165) is 0 Å². The number of benzene rings is 2. The first-order valence-corrected chi connectivity index (χ1v) is 10.8. The average molecular weight is 480 g/mol. The van der Waals surface area contributed by atoms with Gasteiger partial charge >= 0.3 is 5.97 Å². The van der Waals surface area contributed by atoms with Crippen LogP contribution in [-0.2, 0) is 23.1 Å². The average Bonchev–Trinajstić information content (AvgIpc) is 3.12. The molecule has 31 heavy (non-hydrogen) atoms. The Morgan fingerprint density at radius 1 is 1.13 bits per heavy atom. The molecule has 0 radical (unpaired) electrons. The zero-order chi connectivity index (χ0) is 22.4. The third kappa shape index (κ3) is 5.90. The Kier molecular flexibility index (Phi) is 7.78. The standard InChI is InChI=1S/C20H19Cl2N5O3S/c1-27-17(10-23-16-9-12(21)7-8-14(16)22)25-26-20(27)31-11-18(28)24-15-6-4-3-5-13(15)19(29)30-2/h3-9,23H,10-11H2,1-2H3,(H,24,28). The predicted octanol–water partition coefficient (Wildman–Crippen LogP) is 4.25. The number of para-hydroxylation sites is 1. The number of thioether (sulfide) groups is 1. The Labute approximate surface area is 193 Å². The van der Waals surface area contributed by atoms with Crippen molar-refractivity contribution in [1.29, 1.82) is 0 Å². The molecule has 2 aromatic carbocycles. The zero-order valence-electron chi connectivity index (χ0n) is 16.7. The van der Waals surface area contributed by atoms with Crippen LogP contribution in [0.1, 0.15) is 16.2 Å². The number of hydrogen-bond donors (Lipinski definition) is 2. The molecule has 3 rings (SSSR count). The van der Waals surface area contributed by atoms with Crippen LogP contribution in [-0.4, -0.2) is 39.5 Å². The minimum absolute atomic E-state index is 0.0923. The number of methoxy groups -OCH3 is 1. The number of halogens is 2. The molecule has 8 nitrogen and oxygen atoms in total. The number of nitrogens with zero attached hydrogens (tertiary/aromatic N) is 3. The fraction of sp³-hybridized carbons (Fsp3) is 0.200. The molecule has 11 heteroatoms. The highest BCUT2D eigenvalue weighted by atomic mass is 35.5. The molecule has 3 aromatic rings. The van der Waals surface area contributed by atoms with E-state index in [4.69, 9.17) is 27.9 Å². The first-order valence-electron chi connectivity index (χ1n) is 9.06. The number of esters is 1. The molecule has 0 aliphatic rings. The Balaban J connectivity index is 1.58. The smallest absolute Gasteiger partial charge is 0.339 e. The van der Waals surface area contributed by atoms with E-state index in [1.54, 1.807) is 47.0 Å². The molecule has 0 spiro atoms. The first kappa shape index (κ1) is 22.9. The van der Waals surface area contributed by atoms with Gasteiger partial charge in [0.05, 0.1) is 41.4 Å². The van der Waals surface area contributed by atoms with Crippen molar-refractivity contribution in [1.82, 2.24) is 14.8 Å². The lowest BCUT2D eigenvalue weighted by Gasteiger charge is -2.10. The summed E-state index contributed by atoms with van der Waals surface area (Å²) in [5.41, 5.74) is 1.37. The number of anilines is 2. The van der Waals surface area contributed by atoms with E-state index >= 15 is 0 Å². The fourth-order valence-electron chi connectivity index (χ4n) is 2.63. The van der Waals surface area contributed by atoms with Gasteiger partial charge in [-0.15, -0.1) is 10.2 Å². The maximum absolute atomic E-state index is 12.4. The van der Waals surface area contributed by atoms with E-state index in [-0.39, 0.29) is 17.2 Å². The molecule has 0 aliphatic carbocycles. The van der Waals surface area contributed by atoms with E-state index in [9.17, 15) is 9.59 Å². The Morgan fingerprint density at radius 2 is 1.90 bits per heavy atom. The van der Waals surface area contributed by atoms with E-state index < -0.39 is 5.97 Å². The van der Waals surface area contributed by atoms with Crippen LogP contribution in [0.2, 0.25) is 10.0 Å². The van der Waals surface area contributed by atoms with Crippen LogP contribution < -0.4 is 10.6 Å². The van der Waals surface area contributed by atoms with Crippen molar-refractivity contribution in [2.24, 2.45) is 7.05 Å². The molecule has 0 saturated carbocycles. The molecule has 0 bridgehead atoms. The summed E-state index contributed by atoms with van der Waals surface area (Å²) in [5.74, 6) is -0.0480. The minimum Gasteiger partial charge on any atom is -0.465 e. The highest BCUT2D eigenvalue weighted by Gasteiger charge is 2.15. The highest BCUT2D eigenvalue weighted by Crippen LogP contribution is 2.26. The van der Waals surface area contributed by atoms with Gasteiger partial charge in [0.25, 0.3) is 0 Å². The first-order chi connectivity index (χ1) is 14.9. The van der Waals surface area contributed by atoms with Crippen LogP contribution in [0, 0.1) is 0 Å². The third-order valence-electron chi connectivity index (χ3n) is 4.23. The van der Waals surface area contributed by atoms with E-state index in [1.165, 1.54) is 18.9 Å². The summed E-state index contributed by atoms with van der Waals surface area (Å²) >= 11 is 13.4. The van der Waals surface area contributed by atoms with Crippen molar-refractivity contribution < 1.29 is 14.3 Å². The maximum Gasteiger partial charge on any atom is 0.339 e. The summed E-state index contributed by atoms with van der Waals surface area (Å²) in [5, 5.41) is 15.9. The number of carbonyl (C=O) groups is 2. The van der Waals surface area contributed by atoms with Crippen LogP contribution in [0.5, 0.6) is 0 Å². The quantitative estimate of drug-likeness (QED) is 0.367. The van der Waals surface area contributed by atoms with Crippen molar-refractivity contribution in [2.75, 3.05) is 23.5 Å². The highest BCUT2D eigenvalue weighted by molar-refractivity contribution is 7.99. The van der Waals surface area contributed by atoms with Crippen molar-refractivity contribution in [3.8, 4) is 0 Å². The number of hydrogen-bond acceptors (Lipinski definition) is 7. The van der Waals surface area contributed by atoms with Gasteiger partial charge in [-0.25, -0.2) is 4.79 Å². The number of carbonyl (C=O) groups excluding carboxylic acids is 2. The van der Waals surface area contributed by atoms with Crippen molar-refractivity contribution in [3.63, 3.8) is 0 Å². The van der Waals surface area contributed by atoms with Gasteiger partial charge in [0, 0.05) is 12.1 Å². The van der Waals surface area contributed by atoms with Gasteiger partial charge in [0.2, 0.25) is 5.91 Å². The largest absolute Gasteiger partial charge is 0.465 e. The van der Waals surface area contributed by atoms with E-state index in [0.29, 0.717) is 38.9 Å². The van der Waals surface area contributed by atoms with Gasteiger partial charge in [0.15, 0.2) is 11.0 Å². The van der Waals surface area contributed by atoms with Crippen molar-refractivity contribution in [2.45, 2.75) is 11.7 Å². The third-order valence-corrected chi connectivity index (χ3v) is 5.81. The lowest BCUT2D eigenvalue weighted by atomic mass is 10.2. The predicted molar refractivity (Wildman–Crippen MR) is 122 cm³/mol. The zero-order valence-corrected chi connectivity index (χ0v) is 19.0. The lowest BCUT2D eigenvalue weighted by molar-refractivity contribution is -0.113. The number of nitrogens with one attached hydrogen (secondary N) is 2. The molecule has 0 aliphatic heterocycles.